The van der Waals surface area contributed by atoms with Crippen LogP contribution >= 0.6 is 11.3 Å². The van der Waals surface area contributed by atoms with Crippen LogP contribution in [0.5, 0.6) is 0 Å². The molecule has 0 aliphatic carbocycles. The number of sulfonamides is 1. The molecular weight excluding hydrogens is 681 g/mol. The van der Waals surface area contributed by atoms with Crippen LogP contribution in [0.3, 0.4) is 0 Å². The Morgan fingerprint density at radius 1 is 1.08 bits per heavy atom. The molecule has 3 aromatic rings. The minimum absolute atomic E-state index is 0.0766. The number of aromatic nitrogens is 1. The molecule has 4 N–H and O–H groups in total. The van der Waals surface area contributed by atoms with Gasteiger partial charge in [0.1, 0.15) is 6.04 Å². The number of nitrogens with one attached hydrogen (secondary N) is 1. The molecule has 0 radical (unpaired) electrons. The number of aliphatic hydroxyl groups excluding tert-OH is 2. The van der Waals surface area contributed by atoms with Crippen LogP contribution in [0.1, 0.15) is 49.5 Å². The molecule has 272 valence electrons. The van der Waals surface area contributed by atoms with Crippen molar-refractivity contribution >= 4 is 39.5 Å². The minimum Gasteiger partial charge on any atom is -0.411 e. The fraction of sp³-hybridized carbons (Fsp3) is 0.486. The lowest BCUT2D eigenvalue weighted by Gasteiger charge is -2.37. The van der Waals surface area contributed by atoms with E-state index in [0.717, 1.165) is 20.6 Å². The maximum absolute atomic E-state index is 14.1. The van der Waals surface area contributed by atoms with Crippen molar-refractivity contribution in [3.63, 3.8) is 0 Å². The number of carbonyl (C=O) groups excluding carboxylic acids is 2. The summed E-state index contributed by atoms with van der Waals surface area (Å²) in [6, 6.07) is 11.9. The van der Waals surface area contributed by atoms with E-state index in [1.807, 2.05) is 56.5 Å². The Kier molecular flexibility index (Phi) is 13.5. The van der Waals surface area contributed by atoms with Gasteiger partial charge in [-0.25, -0.2) is 18.2 Å². The standard InChI is InChI=1S/C35H48N6O7S2/c1-23(2)31(21-42)41(50(47,48)29-13-11-27(12-14-29)18-36-46)20-32(43)30(17-26-9-7-6-8-10-26)38-34(44)33(24(3)4)40-16-15-39(35(40)45)19-28-22-49-25(5)37-28/h6-14,18,22-24,30-33,42-43,46H,15-17,19-21H2,1-5H3,(H,38,44)/t30-,31-,32-,33-/m0/s1. The van der Waals surface area contributed by atoms with Crippen LogP contribution in [0.2, 0.25) is 0 Å². The summed E-state index contributed by atoms with van der Waals surface area (Å²) in [5.74, 6) is -1.06. The van der Waals surface area contributed by atoms with E-state index in [1.54, 1.807) is 23.6 Å². The van der Waals surface area contributed by atoms with Crippen LogP contribution in [0.4, 0.5) is 4.79 Å². The van der Waals surface area contributed by atoms with E-state index < -0.39 is 53.3 Å². The third kappa shape index (κ3) is 9.46. The number of amides is 3. The quantitative estimate of drug-likeness (QED) is 0.0930. The van der Waals surface area contributed by atoms with Crippen molar-refractivity contribution in [2.75, 3.05) is 26.2 Å². The predicted octanol–water partition coefficient (Wildman–Crippen LogP) is 3.32. The summed E-state index contributed by atoms with van der Waals surface area (Å²) >= 11 is 1.51. The molecule has 50 heavy (non-hydrogen) atoms. The summed E-state index contributed by atoms with van der Waals surface area (Å²) in [6.07, 6.45) is -0.0659. The number of hydrogen-bond acceptors (Lipinski definition) is 10. The maximum Gasteiger partial charge on any atom is 0.321 e. The van der Waals surface area contributed by atoms with Gasteiger partial charge in [-0.2, -0.15) is 4.31 Å². The summed E-state index contributed by atoms with van der Waals surface area (Å²) in [4.78, 5) is 35.3. The Balaban J connectivity index is 1.62. The first-order valence-electron chi connectivity index (χ1n) is 16.7. The van der Waals surface area contributed by atoms with Crippen LogP contribution in [0.25, 0.3) is 0 Å². The van der Waals surface area contributed by atoms with Crippen LogP contribution in [-0.4, -0.2) is 112 Å². The molecule has 0 unspecified atom stereocenters. The van der Waals surface area contributed by atoms with E-state index >= 15 is 0 Å². The third-order valence-corrected chi connectivity index (χ3v) is 11.6. The molecule has 2 heterocycles. The number of nitrogens with zero attached hydrogens (tertiary/aromatic N) is 5. The number of carbonyl (C=O) groups is 2. The molecule has 1 saturated heterocycles. The molecular formula is C35H48N6O7S2. The van der Waals surface area contributed by atoms with Crippen molar-refractivity contribution in [2.24, 2.45) is 17.0 Å². The molecule has 4 atom stereocenters. The molecule has 2 aromatic carbocycles. The van der Waals surface area contributed by atoms with Crippen LogP contribution in [0.15, 0.2) is 70.0 Å². The zero-order chi connectivity index (χ0) is 36.6. The lowest BCUT2D eigenvalue weighted by atomic mass is 9.97. The number of hydrogen-bond donors (Lipinski definition) is 4. The second-order valence-electron chi connectivity index (χ2n) is 13.2. The molecule has 13 nitrogen and oxygen atoms in total. The second kappa shape index (κ2) is 17.4. The Bertz CT molecular complexity index is 1700. The molecule has 1 aliphatic heterocycles. The molecule has 0 bridgehead atoms. The van der Waals surface area contributed by atoms with Crippen LogP contribution in [-0.2, 0) is 27.8 Å². The Hall–Kier alpha value is -3.89. The molecule has 1 aliphatic rings. The van der Waals surface area contributed by atoms with Gasteiger partial charge in [-0.15, -0.1) is 11.3 Å². The zero-order valence-electron chi connectivity index (χ0n) is 29.1. The highest BCUT2D eigenvalue weighted by molar-refractivity contribution is 7.89. The summed E-state index contributed by atoms with van der Waals surface area (Å²) < 4.78 is 29.3. The largest absolute Gasteiger partial charge is 0.411 e. The Labute approximate surface area is 298 Å². The molecule has 3 amide bonds. The van der Waals surface area contributed by atoms with Gasteiger partial charge in [-0.3, -0.25) is 4.79 Å². The van der Waals surface area contributed by atoms with Crippen molar-refractivity contribution in [3.05, 3.63) is 81.8 Å². The molecule has 0 spiro atoms. The number of rotatable bonds is 17. The van der Waals surface area contributed by atoms with Gasteiger partial charge in [0.05, 0.1) is 53.2 Å². The van der Waals surface area contributed by atoms with Gasteiger partial charge in [0, 0.05) is 25.0 Å². The number of thiazole rings is 1. The lowest BCUT2D eigenvalue weighted by Crippen LogP contribution is -2.58. The van der Waals surface area contributed by atoms with E-state index in [9.17, 15) is 28.2 Å². The zero-order valence-corrected chi connectivity index (χ0v) is 30.7. The van der Waals surface area contributed by atoms with Crippen molar-refractivity contribution in [1.82, 2.24) is 24.4 Å². The number of aryl methyl sites for hydroxylation is 1. The van der Waals surface area contributed by atoms with Gasteiger partial charge in [0.15, 0.2) is 0 Å². The van der Waals surface area contributed by atoms with Gasteiger partial charge in [-0.1, -0.05) is 75.3 Å². The van der Waals surface area contributed by atoms with E-state index in [-0.39, 0.29) is 29.2 Å². The molecule has 4 rings (SSSR count). The highest BCUT2D eigenvalue weighted by Crippen LogP contribution is 2.25. The molecule has 1 aromatic heterocycles. The summed E-state index contributed by atoms with van der Waals surface area (Å²) in [5, 5.41) is 39.9. The van der Waals surface area contributed by atoms with Crippen LogP contribution in [0, 0.1) is 18.8 Å². The average Bonchev–Trinajstić information content (AvgIpc) is 3.65. The van der Waals surface area contributed by atoms with Crippen molar-refractivity contribution in [3.8, 4) is 0 Å². The fourth-order valence-corrected chi connectivity index (χ4v) is 8.56. The number of urea groups is 1. The number of benzene rings is 2. The van der Waals surface area contributed by atoms with Gasteiger partial charge in [-0.05, 0) is 48.4 Å². The molecule has 15 heteroatoms. The Morgan fingerprint density at radius 3 is 2.32 bits per heavy atom. The average molecular weight is 729 g/mol. The first kappa shape index (κ1) is 38.9. The molecule has 0 saturated carbocycles. The van der Waals surface area contributed by atoms with Crippen molar-refractivity contribution < 1.29 is 33.4 Å². The van der Waals surface area contributed by atoms with Gasteiger partial charge in [0.25, 0.3) is 0 Å². The van der Waals surface area contributed by atoms with Crippen LogP contribution < -0.4 is 5.32 Å². The highest BCUT2D eigenvalue weighted by Gasteiger charge is 2.41. The minimum atomic E-state index is -4.27. The van der Waals surface area contributed by atoms with Gasteiger partial charge >= 0.3 is 6.03 Å². The van der Waals surface area contributed by atoms with E-state index in [2.05, 4.69) is 15.5 Å². The fourth-order valence-electron chi connectivity index (χ4n) is 6.19. The first-order chi connectivity index (χ1) is 23.8. The number of aliphatic hydroxyl groups is 2. The first-order valence-corrected chi connectivity index (χ1v) is 19.0. The van der Waals surface area contributed by atoms with E-state index in [0.29, 0.717) is 25.2 Å². The predicted molar refractivity (Wildman–Crippen MR) is 191 cm³/mol. The van der Waals surface area contributed by atoms with E-state index in [4.69, 9.17) is 5.21 Å². The van der Waals surface area contributed by atoms with Crippen molar-refractivity contribution in [1.29, 1.82) is 0 Å². The summed E-state index contributed by atoms with van der Waals surface area (Å²) in [6.45, 7) is 9.34. The summed E-state index contributed by atoms with van der Waals surface area (Å²) in [7, 11) is -4.27. The Morgan fingerprint density at radius 2 is 1.76 bits per heavy atom. The lowest BCUT2D eigenvalue weighted by molar-refractivity contribution is -0.128. The summed E-state index contributed by atoms with van der Waals surface area (Å²) in [5.41, 5.74) is 2.07. The topological polar surface area (TPSA) is 176 Å². The van der Waals surface area contributed by atoms with Gasteiger partial charge < -0.3 is 30.5 Å². The molecule has 1 fully saturated rings. The van der Waals surface area contributed by atoms with E-state index in [1.165, 1.54) is 41.8 Å². The smallest absolute Gasteiger partial charge is 0.321 e. The third-order valence-electron chi connectivity index (χ3n) is 8.86. The number of oxime groups is 1. The maximum atomic E-state index is 14.1. The normalized spacial score (nSPS) is 16.5. The van der Waals surface area contributed by atoms with Crippen molar-refractivity contribution in [2.45, 2.75) is 76.7 Å². The highest BCUT2D eigenvalue weighted by atomic mass is 32.2. The van der Waals surface area contributed by atoms with Gasteiger partial charge in [0.2, 0.25) is 15.9 Å². The SMILES string of the molecule is Cc1nc(CN2CCN([C@H](C(=O)N[C@@H](Cc3ccccc3)[C@@H](O)CN([C@@H](CO)C(C)C)S(=O)(=O)c3ccc(C=NO)cc3)C(C)C)C2=O)cs1. The second-order valence-corrected chi connectivity index (χ2v) is 16.2. The monoisotopic (exact) mass is 728 g/mol.